The number of rotatable bonds is 5. The van der Waals surface area contributed by atoms with Gasteiger partial charge in [-0.3, -0.25) is 4.79 Å². The Morgan fingerprint density at radius 2 is 1.93 bits per heavy atom. The first-order valence-corrected chi connectivity index (χ1v) is 12.6. The fraction of sp³-hybridized carbons (Fsp3) is 0.476. The lowest BCUT2D eigenvalue weighted by molar-refractivity contribution is -0.132. The van der Waals surface area contributed by atoms with Gasteiger partial charge in [0.15, 0.2) is 0 Å². The van der Waals surface area contributed by atoms with Crippen LogP contribution in [-0.2, 0) is 14.8 Å². The quantitative estimate of drug-likeness (QED) is 0.809. The first kappa shape index (κ1) is 19.6. The molecule has 0 bridgehead atoms. The van der Waals surface area contributed by atoms with Gasteiger partial charge in [0, 0.05) is 35.8 Å². The van der Waals surface area contributed by atoms with Gasteiger partial charge in [0.2, 0.25) is 15.9 Å². The summed E-state index contributed by atoms with van der Waals surface area (Å²) < 4.78 is 25.6. The highest BCUT2D eigenvalue weighted by atomic mass is 32.2. The number of amides is 1. The summed E-state index contributed by atoms with van der Waals surface area (Å²) in [6.45, 7) is 1.36. The molecule has 0 spiro atoms. The third kappa shape index (κ3) is 4.64. The molecule has 2 heterocycles. The van der Waals surface area contributed by atoms with Crippen molar-refractivity contribution in [2.45, 2.75) is 37.6 Å². The molecule has 2 aromatic rings. The van der Waals surface area contributed by atoms with E-state index < -0.39 is 10.0 Å². The molecule has 0 radical (unpaired) electrons. The molecule has 2 aliphatic rings. The molecule has 3 atom stereocenters. The van der Waals surface area contributed by atoms with Gasteiger partial charge in [-0.15, -0.1) is 11.3 Å². The van der Waals surface area contributed by atoms with Crippen molar-refractivity contribution in [2.75, 3.05) is 19.3 Å². The van der Waals surface area contributed by atoms with Crippen LogP contribution in [0, 0.1) is 5.92 Å². The number of carbonyl (C=O) groups is 1. The van der Waals surface area contributed by atoms with Crippen molar-refractivity contribution >= 4 is 27.3 Å². The molecule has 4 rings (SSSR count). The monoisotopic (exact) mass is 418 g/mol. The second kappa shape index (κ2) is 7.97. The Kier molecular flexibility index (Phi) is 5.58. The van der Waals surface area contributed by atoms with Crippen LogP contribution in [0.3, 0.4) is 0 Å². The van der Waals surface area contributed by atoms with E-state index >= 15 is 0 Å². The molecule has 2 fully saturated rings. The molecule has 1 saturated heterocycles. The normalized spacial score (nSPS) is 25.3. The van der Waals surface area contributed by atoms with Crippen LogP contribution in [0.1, 0.15) is 36.5 Å². The molecule has 1 N–H and O–H groups in total. The Hall–Kier alpha value is -1.70. The fourth-order valence-corrected chi connectivity index (χ4v) is 6.02. The third-order valence-corrected chi connectivity index (χ3v) is 7.45. The number of sulfonamides is 1. The van der Waals surface area contributed by atoms with Crippen LogP contribution in [0.5, 0.6) is 0 Å². The summed E-state index contributed by atoms with van der Waals surface area (Å²) >= 11 is 1.75. The van der Waals surface area contributed by atoms with Gasteiger partial charge in [-0.25, -0.2) is 13.1 Å². The summed E-state index contributed by atoms with van der Waals surface area (Å²) in [5.41, 5.74) is 2.44. The highest BCUT2D eigenvalue weighted by Crippen LogP contribution is 2.51. The molecule has 5 nitrogen and oxygen atoms in total. The average molecular weight is 419 g/mol. The zero-order chi connectivity index (χ0) is 19.7. The number of carbonyl (C=O) groups excluding carboxylic acids is 1. The number of hydrogen-bond acceptors (Lipinski definition) is 4. The van der Waals surface area contributed by atoms with E-state index in [1.165, 1.54) is 22.3 Å². The summed E-state index contributed by atoms with van der Waals surface area (Å²) in [5.74, 6) is 0.657. The standard InChI is InChI=1S/C21H26N2O3S2/c1-28(25,26)22-17-8-5-10-23(11-9-17)21(24)19-13-18(19)20-12-16(14-27-20)15-6-3-2-4-7-15/h2-4,6-7,12,14,17-19,22H,5,8-11,13H2,1H3/t17-,18-,19-/m1/s1. The third-order valence-electron chi connectivity index (χ3n) is 5.62. The summed E-state index contributed by atoms with van der Waals surface area (Å²) in [6.07, 6.45) is 4.44. The number of likely N-dealkylation sites (tertiary alicyclic amines) is 1. The van der Waals surface area contributed by atoms with Gasteiger partial charge in [-0.2, -0.15) is 0 Å². The Labute approximate surface area is 170 Å². The summed E-state index contributed by atoms with van der Waals surface area (Å²) in [4.78, 5) is 16.2. The Balaban J connectivity index is 1.35. The van der Waals surface area contributed by atoms with Crippen LogP contribution in [0.15, 0.2) is 41.8 Å². The number of nitrogens with zero attached hydrogens (tertiary/aromatic N) is 1. The van der Waals surface area contributed by atoms with Crippen LogP contribution in [0.2, 0.25) is 0 Å². The van der Waals surface area contributed by atoms with Gasteiger partial charge < -0.3 is 4.90 Å². The molecular weight excluding hydrogens is 392 g/mol. The molecule has 1 aliphatic heterocycles. The van der Waals surface area contributed by atoms with Crippen LogP contribution < -0.4 is 4.72 Å². The molecule has 1 aromatic heterocycles. The molecule has 28 heavy (non-hydrogen) atoms. The predicted molar refractivity (Wildman–Crippen MR) is 113 cm³/mol. The molecule has 1 aromatic carbocycles. The Morgan fingerprint density at radius 1 is 1.14 bits per heavy atom. The number of thiophene rings is 1. The zero-order valence-corrected chi connectivity index (χ0v) is 17.6. The van der Waals surface area contributed by atoms with E-state index in [2.05, 4.69) is 28.3 Å². The first-order chi connectivity index (χ1) is 13.4. The summed E-state index contributed by atoms with van der Waals surface area (Å²) in [7, 11) is -3.20. The van der Waals surface area contributed by atoms with Gasteiger partial charge in [0.25, 0.3) is 0 Å². The second-order valence-corrected chi connectivity index (χ2v) is 10.6. The minimum Gasteiger partial charge on any atom is -0.342 e. The Morgan fingerprint density at radius 3 is 2.68 bits per heavy atom. The number of hydrogen-bond donors (Lipinski definition) is 1. The van der Waals surface area contributed by atoms with Crippen LogP contribution >= 0.6 is 11.3 Å². The van der Waals surface area contributed by atoms with Crippen molar-refractivity contribution in [1.82, 2.24) is 9.62 Å². The minimum atomic E-state index is -3.20. The smallest absolute Gasteiger partial charge is 0.226 e. The SMILES string of the molecule is CS(=O)(=O)N[C@@H]1CCCN(C(=O)[C@@H]2C[C@H]2c2cc(-c3ccccc3)cs2)CC1. The predicted octanol–water partition coefficient (Wildman–Crippen LogP) is 3.45. The number of benzene rings is 1. The van der Waals surface area contributed by atoms with Gasteiger partial charge in [-0.05, 0) is 48.3 Å². The summed E-state index contributed by atoms with van der Waals surface area (Å²) in [6, 6.07) is 12.5. The van der Waals surface area contributed by atoms with Crippen molar-refractivity contribution in [2.24, 2.45) is 5.92 Å². The van der Waals surface area contributed by atoms with Gasteiger partial charge >= 0.3 is 0 Å². The second-order valence-electron chi connectivity index (χ2n) is 7.90. The van der Waals surface area contributed by atoms with E-state index in [4.69, 9.17) is 0 Å². The van der Waals surface area contributed by atoms with E-state index in [0.29, 0.717) is 18.9 Å². The highest BCUT2D eigenvalue weighted by Gasteiger charge is 2.46. The molecular formula is C21H26N2O3S2. The molecule has 1 saturated carbocycles. The number of nitrogens with one attached hydrogen (secondary N) is 1. The zero-order valence-electron chi connectivity index (χ0n) is 16.0. The topological polar surface area (TPSA) is 66.5 Å². The lowest BCUT2D eigenvalue weighted by atomic mass is 10.1. The molecule has 7 heteroatoms. The fourth-order valence-electron chi connectivity index (χ4n) is 4.08. The largest absolute Gasteiger partial charge is 0.342 e. The van der Waals surface area contributed by atoms with Crippen LogP contribution in [0.25, 0.3) is 11.1 Å². The van der Waals surface area contributed by atoms with Crippen molar-refractivity contribution in [1.29, 1.82) is 0 Å². The first-order valence-electron chi connectivity index (χ1n) is 9.80. The van der Waals surface area contributed by atoms with E-state index in [0.717, 1.165) is 25.8 Å². The van der Waals surface area contributed by atoms with Crippen molar-refractivity contribution in [3.63, 3.8) is 0 Å². The highest BCUT2D eigenvalue weighted by molar-refractivity contribution is 7.88. The molecule has 0 unspecified atom stereocenters. The maximum Gasteiger partial charge on any atom is 0.226 e. The van der Waals surface area contributed by atoms with E-state index in [1.807, 2.05) is 23.1 Å². The maximum atomic E-state index is 13.0. The minimum absolute atomic E-state index is 0.0615. The molecule has 1 amide bonds. The van der Waals surface area contributed by atoms with Crippen molar-refractivity contribution < 1.29 is 13.2 Å². The van der Waals surface area contributed by atoms with Gasteiger partial charge in [0.05, 0.1) is 6.26 Å². The molecule has 150 valence electrons. The van der Waals surface area contributed by atoms with E-state index in [9.17, 15) is 13.2 Å². The van der Waals surface area contributed by atoms with Crippen LogP contribution in [-0.4, -0.2) is 44.6 Å². The molecule has 1 aliphatic carbocycles. The lowest BCUT2D eigenvalue weighted by Crippen LogP contribution is -2.36. The average Bonchev–Trinajstić information content (AvgIpc) is 3.37. The Bertz CT molecular complexity index is 940. The van der Waals surface area contributed by atoms with E-state index in [-0.39, 0.29) is 17.9 Å². The summed E-state index contributed by atoms with van der Waals surface area (Å²) in [5, 5.41) is 2.18. The van der Waals surface area contributed by atoms with E-state index in [1.54, 1.807) is 11.3 Å². The van der Waals surface area contributed by atoms with Gasteiger partial charge in [0.1, 0.15) is 0 Å². The lowest BCUT2D eigenvalue weighted by Gasteiger charge is -2.21. The van der Waals surface area contributed by atoms with Gasteiger partial charge in [-0.1, -0.05) is 30.3 Å². The van der Waals surface area contributed by atoms with Crippen molar-refractivity contribution in [3.05, 3.63) is 46.7 Å². The van der Waals surface area contributed by atoms with Crippen molar-refractivity contribution in [3.8, 4) is 11.1 Å². The van der Waals surface area contributed by atoms with Crippen LogP contribution in [0.4, 0.5) is 0 Å². The maximum absolute atomic E-state index is 13.0.